The lowest BCUT2D eigenvalue weighted by Crippen LogP contribution is -1.95. The van der Waals surface area contributed by atoms with Crippen LogP contribution in [0, 0.1) is 5.92 Å². The lowest BCUT2D eigenvalue weighted by atomic mass is 9.99. The lowest BCUT2D eigenvalue weighted by molar-refractivity contribution is -0.109. The second kappa shape index (κ2) is 7.45. The molecule has 2 heteroatoms. The second-order valence-corrected chi connectivity index (χ2v) is 2.95. The van der Waals surface area contributed by atoms with Gasteiger partial charge in [0.2, 0.25) is 0 Å². The van der Waals surface area contributed by atoms with Crippen LogP contribution in [0.4, 0.5) is 0 Å². The van der Waals surface area contributed by atoms with Crippen LogP contribution in [0.1, 0.15) is 39.0 Å². The molecule has 0 aromatic heterocycles. The highest BCUT2D eigenvalue weighted by atomic mass is 16.1. The molecule has 0 fully saturated rings. The van der Waals surface area contributed by atoms with Crippen molar-refractivity contribution < 1.29 is 9.59 Å². The van der Waals surface area contributed by atoms with Gasteiger partial charge in [0.25, 0.3) is 0 Å². The Hall–Kier alpha value is -0.660. The molecule has 0 heterocycles. The molecule has 0 radical (unpaired) electrons. The zero-order chi connectivity index (χ0) is 8.53. The number of aldehydes is 2. The third kappa shape index (κ3) is 7.23. The highest BCUT2D eigenvalue weighted by Gasteiger charge is 1.99. The number of carbonyl (C=O) groups is 2. The summed E-state index contributed by atoms with van der Waals surface area (Å²) in [6.07, 6.45) is 6.20. The van der Waals surface area contributed by atoms with E-state index in [2.05, 4.69) is 6.92 Å². The van der Waals surface area contributed by atoms with Gasteiger partial charge in [0.05, 0.1) is 0 Å². The van der Waals surface area contributed by atoms with Crippen LogP contribution in [0.25, 0.3) is 0 Å². The first-order valence-electron chi connectivity index (χ1n) is 4.18. The fraction of sp³-hybridized carbons (Fsp3) is 0.778. The van der Waals surface area contributed by atoms with Gasteiger partial charge in [0, 0.05) is 12.8 Å². The first kappa shape index (κ1) is 10.3. The van der Waals surface area contributed by atoms with E-state index in [0.29, 0.717) is 18.8 Å². The fourth-order valence-corrected chi connectivity index (χ4v) is 1.05. The average molecular weight is 156 g/mol. The van der Waals surface area contributed by atoms with E-state index in [4.69, 9.17) is 0 Å². The first-order chi connectivity index (χ1) is 5.31. The Morgan fingerprint density at radius 2 is 1.73 bits per heavy atom. The van der Waals surface area contributed by atoms with Crippen molar-refractivity contribution in [2.45, 2.75) is 39.0 Å². The average Bonchev–Trinajstić information content (AvgIpc) is 2.01. The lowest BCUT2D eigenvalue weighted by Gasteiger charge is -2.06. The van der Waals surface area contributed by atoms with Crippen molar-refractivity contribution in [1.82, 2.24) is 0 Å². The van der Waals surface area contributed by atoms with Gasteiger partial charge < -0.3 is 9.59 Å². The maximum absolute atomic E-state index is 9.98. The van der Waals surface area contributed by atoms with Crippen molar-refractivity contribution in [3.05, 3.63) is 0 Å². The Balaban J connectivity index is 3.14. The van der Waals surface area contributed by atoms with Crippen LogP contribution in [-0.4, -0.2) is 12.6 Å². The van der Waals surface area contributed by atoms with Crippen LogP contribution in [0.15, 0.2) is 0 Å². The van der Waals surface area contributed by atoms with E-state index in [1.54, 1.807) is 0 Å². The van der Waals surface area contributed by atoms with Gasteiger partial charge in [-0.2, -0.15) is 0 Å². The second-order valence-electron chi connectivity index (χ2n) is 2.95. The van der Waals surface area contributed by atoms with E-state index in [-0.39, 0.29) is 0 Å². The highest BCUT2D eigenvalue weighted by molar-refractivity contribution is 5.49. The molecule has 0 aromatic rings. The van der Waals surface area contributed by atoms with E-state index in [0.717, 1.165) is 31.8 Å². The molecule has 2 nitrogen and oxygen atoms in total. The summed E-state index contributed by atoms with van der Waals surface area (Å²) in [5, 5.41) is 0. The van der Waals surface area contributed by atoms with Gasteiger partial charge in [-0.05, 0) is 18.8 Å². The van der Waals surface area contributed by atoms with Crippen molar-refractivity contribution in [3.8, 4) is 0 Å². The van der Waals surface area contributed by atoms with Crippen LogP contribution < -0.4 is 0 Å². The standard InChI is InChI=1S/C9H16O2/c1-9(6-4-8-11)5-2-3-7-10/h7-9H,2-6H2,1H3. The molecule has 0 bridgehead atoms. The van der Waals surface area contributed by atoms with Crippen molar-refractivity contribution in [2.24, 2.45) is 5.92 Å². The van der Waals surface area contributed by atoms with Crippen LogP contribution in [0.2, 0.25) is 0 Å². The summed E-state index contributed by atoms with van der Waals surface area (Å²) in [5.74, 6) is 0.583. The van der Waals surface area contributed by atoms with Crippen LogP contribution in [0.3, 0.4) is 0 Å². The van der Waals surface area contributed by atoms with Crippen molar-refractivity contribution >= 4 is 12.6 Å². The normalized spacial score (nSPS) is 12.5. The number of rotatable bonds is 7. The SMILES string of the molecule is CC(CCC=O)CCCC=O. The molecule has 1 unspecified atom stereocenters. The first-order valence-corrected chi connectivity index (χ1v) is 4.18. The maximum Gasteiger partial charge on any atom is 0.120 e. The van der Waals surface area contributed by atoms with E-state index < -0.39 is 0 Å². The van der Waals surface area contributed by atoms with Crippen LogP contribution in [-0.2, 0) is 9.59 Å². The van der Waals surface area contributed by atoms with Gasteiger partial charge in [-0.3, -0.25) is 0 Å². The number of hydrogen-bond donors (Lipinski definition) is 0. The summed E-state index contributed by atoms with van der Waals surface area (Å²) in [4.78, 5) is 19.9. The fourth-order valence-electron chi connectivity index (χ4n) is 1.05. The molecule has 11 heavy (non-hydrogen) atoms. The molecule has 0 saturated heterocycles. The molecule has 0 aliphatic carbocycles. The van der Waals surface area contributed by atoms with Crippen LogP contribution in [0.5, 0.6) is 0 Å². The molecule has 64 valence electrons. The monoisotopic (exact) mass is 156 g/mol. The van der Waals surface area contributed by atoms with Crippen LogP contribution >= 0.6 is 0 Å². The molecule has 0 spiro atoms. The molecule has 0 aromatic carbocycles. The van der Waals surface area contributed by atoms with E-state index in [9.17, 15) is 9.59 Å². The molecule has 0 rings (SSSR count). The minimum atomic E-state index is 0.583. The molecular weight excluding hydrogens is 140 g/mol. The predicted octanol–water partition coefficient (Wildman–Crippen LogP) is 1.97. The summed E-state index contributed by atoms with van der Waals surface area (Å²) < 4.78 is 0. The van der Waals surface area contributed by atoms with Crippen molar-refractivity contribution in [3.63, 3.8) is 0 Å². The van der Waals surface area contributed by atoms with Gasteiger partial charge in [0.1, 0.15) is 12.6 Å². The van der Waals surface area contributed by atoms with E-state index >= 15 is 0 Å². The summed E-state index contributed by atoms with van der Waals surface area (Å²) in [6.45, 7) is 2.12. The predicted molar refractivity (Wildman–Crippen MR) is 44.4 cm³/mol. The number of hydrogen-bond acceptors (Lipinski definition) is 2. The molecule has 0 saturated carbocycles. The Morgan fingerprint density at radius 3 is 2.27 bits per heavy atom. The summed E-state index contributed by atoms with van der Waals surface area (Å²) in [7, 11) is 0. The van der Waals surface area contributed by atoms with Gasteiger partial charge in [-0.1, -0.05) is 13.3 Å². The minimum absolute atomic E-state index is 0.583. The molecule has 0 aliphatic rings. The van der Waals surface area contributed by atoms with E-state index in [1.807, 2.05) is 0 Å². The van der Waals surface area contributed by atoms with Gasteiger partial charge >= 0.3 is 0 Å². The van der Waals surface area contributed by atoms with Crippen molar-refractivity contribution in [2.75, 3.05) is 0 Å². The molecule has 0 aliphatic heterocycles. The molecule has 1 atom stereocenters. The zero-order valence-electron chi connectivity index (χ0n) is 7.08. The minimum Gasteiger partial charge on any atom is -0.303 e. The zero-order valence-corrected chi connectivity index (χ0v) is 7.08. The van der Waals surface area contributed by atoms with Crippen molar-refractivity contribution in [1.29, 1.82) is 0 Å². The quantitative estimate of drug-likeness (QED) is 0.417. The largest absolute Gasteiger partial charge is 0.303 e. The Bertz CT molecular complexity index is 110. The molecular formula is C9H16O2. The number of unbranched alkanes of at least 4 members (excludes halogenated alkanes) is 1. The highest BCUT2D eigenvalue weighted by Crippen LogP contribution is 2.12. The van der Waals surface area contributed by atoms with E-state index in [1.165, 1.54) is 0 Å². The van der Waals surface area contributed by atoms with Gasteiger partial charge in [-0.15, -0.1) is 0 Å². The summed E-state index contributed by atoms with van der Waals surface area (Å²) >= 11 is 0. The summed E-state index contributed by atoms with van der Waals surface area (Å²) in [6, 6.07) is 0. The third-order valence-electron chi connectivity index (χ3n) is 1.80. The topological polar surface area (TPSA) is 34.1 Å². The summed E-state index contributed by atoms with van der Waals surface area (Å²) in [5.41, 5.74) is 0. The maximum atomic E-state index is 9.98. The molecule has 0 N–H and O–H groups in total. The van der Waals surface area contributed by atoms with Gasteiger partial charge in [-0.25, -0.2) is 0 Å². The molecule has 0 amide bonds. The van der Waals surface area contributed by atoms with Gasteiger partial charge in [0.15, 0.2) is 0 Å². The smallest absolute Gasteiger partial charge is 0.120 e. The Labute approximate surface area is 68.0 Å². The Morgan fingerprint density at radius 1 is 1.09 bits per heavy atom. The Kier molecular flexibility index (Phi) is 7.00. The third-order valence-corrected chi connectivity index (χ3v) is 1.80. The number of carbonyl (C=O) groups excluding carboxylic acids is 2.